The summed E-state index contributed by atoms with van der Waals surface area (Å²) >= 11 is 0. The first-order valence-electron chi connectivity index (χ1n) is 12.3. The number of aryl methyl sites for hydroxylation is 2. The molecule has 2 heterocycles. The number of nitrogens with zero attached hydrogens (tertiary/aromatic N) is 3. The van der Waals surface area contributed by atoms with Gasteiger partial charge in [-0.2, -0.15) is 0 Å². The first kappa shape index (κ1) is 25.1. The molecule has 0 saturated carbocycles. The van der Waals surface area contributed by atoms with Crippen LogP contribution in [0.25, 0.3) is 0 Å². The van der Waals surface area contributed by atoms with Crippen LogP contribution in [0.3, 0.4) is 0 Å². The molecule has 1 atom stereocenters. The van der Waals surface area contributed by atoms with Crippen LogP contribution in [0.4, 0.5) is 17.3 Å². The Morgan fingerprint density at radius 2 is 1.79 bits per heavy atom. The summed E-state index contributed by atoms with van der Waals surface area (Å²) in [5, 5.41) is 6.46. The van der Waals surface area contributed by atoms with Gasteiger partial charge in [0.15, 0.2) is 5.69 Å². The molecule has 0 aliphatic carbocycles. The minimum Gasteiger partial charge on any atom is -0.342 e. The second-order valence-electron chi connectivity index (χ2n) is 8.02. The molecule has 6 heteroatoms. The highest BCUT2D eigenvalue weighted by Gasteiger charge is 2.27. The summed E-state index contributed by atoms with van der Waals surface area (Å²) in [4.78, 5) is 22.0. The van der Waals surface area contributed by atoms with Gasteiger partial charge in [-0.15, -0.1) is 0 Å². The highest BCUT2D eigenvalue weighted by molar-refractivity contribution is 6.04. The molecule has 0 saturated heterocycles. The molecule has 34 heavy (non-hydrogen) atoms. The number of anilines is 2. The number of carbonyl (C=O) groups excluding carboxylic acids is 1. The molecule has 2 N–H and O–H groups in total. The monoisotopic (exact) mass is 458 g/mol. The third-order valence-electron chi connectivity index (χ3n) is 5.91. The normalized spacial score (nSPS) is 12.4. The van der Waals surface area contributed by atoms with Crippen molar-refractivity contribution in [2.24, 2.45) is 0 Å². The maximum atomic E-state index is 12.8. The molecule has 1 unspecified atom stereocenters. The van der Waals surface area contributed by atoms with E-state index in [1.54, 1.807) is 6.20 Å². The lowest BCUT2D eigenvalue weighted by molar-refractivity contribution is -0.447. The number of hydrogen-bond acceptors (Lipinski definition) is 4. The Kier molecular flexibility index (Phi) is 8.52. The molecular formula is C28H36N5O+. The van der Waals surface area contributed by atoms with E-state index in [1.165, 1.54) is 11.1 Å². The third kappa shape index (κ3) is 5.50. The molecule has 0 radical (unpaired) electrons. The van der Waals surface area contributed by atoms with Crippen molar-refractivity contribution in [1.29, 1.82) is 0 Å². The topological polar surface area (TPSA) is 69.9 Å². The van der Waals surface area contributed by atoms with Gasteiger partial charge in [0.1, 0.15) is 6.21 Å². The Hall–Kier alpha value is -3.54. The van der Waals surface area contributed by atoms with Gasteiger partial charge in [0, 0.05) is 11.3 Å². The second-order valence-corrected chi connectivity index (χ2v) is 8.02. The number of aromatic nitrogens is 2. The number of amides is 1. The lowest BCUT2D eigenvalue weighted by atomic mass is 9.99. The Balaban J connectivity index is 0.00000158. The number of hydrogen-bond donors (Lipinski definition) is 2. The van der Waals surface area contributed by atoms with E-state index in [0.29, 0.717) is 5.56 Å². The number of carbonyl (C=O) groups is 1. The van der Waals surface area contributed by atoms with Crippen LogP contribution >= 0.6 is 0 Å². The van der Waals surface area contributed by atoms with Crippen LogP contribution in [-0.2, 0) is 12.8 Å². The van der Waals surface area contributed by atoms with E-state index < -0.39 is 0 Å². The van der Waals surface area contributed by atoms with Gasteiger partial charge in [-0.05, 0) is 72.6 Å². The summed E-state index contributed by atoms with van der Waals surface area (Å²) in [6.07, 6.45) is 5.65. The molecule has 1 aromatic heterocycles. The van der Waals surface area contributed by atoms with Gasteiger partial charge in [0.25, 0.3) is 11.7 Å². The fourth-order valence-corrected chi connectivity index (χ4v) is 3.98. The first-order chi connectivity index (χ1) is 16.5. The van der Waals surface area contributed by atoms with Crippen molar-refractivity contribution < 1.29 is 9.37 Å². The number of nitrogens with one attached hydrogen (secondary N) is 2. The van der Waals surface area contributed by atoms with Crippen molar-refractivity contribution in [3.63, 3.8) is 0 Å². The van der Waals surface area contributed by atoms with Crippen molar-refractivity contribution in [3.05, 3.63) is 76.6 Å². The van der Waals surface area contributed by atoms with Crippen molar-refractivity contribution in [2.45, 2.75) is 60.4 Å². The zero-order chi connectivity index (χ0) is 24.7. The zero-order valence-electron chi connectivity index (χ0n) is 21.1. The number of benzene rings is 2. The minimum atomic E-state index is -0.0933. The molecule has 4 rings (SSSR count). The molecule has 6 nitrogen and oxygen atoms in total. The van der Waals surface area contributed by atoms with Crippen LogP contribution in [0, 0.1) is 0 Å². The van der Waals surface area contributed by atoms with E-state index in [-0.39, 0.29) is 11.9 Å². The van der Waals surface area contributed by atoms with Gasteiger partial charge in [0.05, 0.1) is 18.8 Å². The highest BCUT2D eigenvalue weighted by Crippen LogP contribution is 2.25. The third-order valence-corrected chi connectivity index (χ3v) is 5.91. The average Bonchev–Trinajstić information content (AvgIpc) is 2.86. The lowest BCUT2D eigenvalue weighted by Gasteiger charge is -2.16. The van der Waals surface area contributed by atoms with Crippen molar-refractivity contribution in [3.8, 4) is 0 Å². The number of fused-ring (bicyclic) bond motifs is 1. The van der Waals surface area contributed by atoms with Crippen LogP contribution in [-0.4, -0.2) is 33.2 Å². The van der Waals surface area contributed by atoms with Gasteiger partial charge in [-0.1, -0.05) is 45.9 Å². The molecule has 3 aromatic rings. The maximum absolute atomic E-state index is 12.8. The summed E-state index contributed by atoms with van der Waals surface area (Å²) in [5.41, 5.74) is 5.96. The zero-order valence-corrected chi connectivity index (χ0v) is 21.1. The minimum absolute atomic E-state index is 0.00821. The van der Waals surface area contributed by atoms with E-state index in [0.717, 1.165) is 48.0 Å². The Morgan fingerprint density at radius 1 is 1.03 bits per heavy atom. The predicted octanol–water partition coefficient (Wildman–Crippen LogP) is 6.15. The Labute approximate surface area is 203 Å². The molecule has 1 aliphatic heterocycles. The largest absolute Gasteiger partial charge is 0.355 e. The van der Waals surface area contributed by atoms with E-state index >= 15 is 0 Å². The van der Waals surface area contributed by atoms with E-state index in [9.17, 15) is 4.79 Å². The SMILES string of the molecule is CC.CCc1ccc(C(=O)Nc2cccc(C(C)Nc3cnc4c(n3)[N+](CC)=C4)c2)cc1CC. The predicted molar refractivity (Wildman–Crippen MR) is 141 cm³/mol. The first-order valence-corrected chi connectivity index (χ1v) is 12.3. The van der Waals surface area contributed by atoms with Crippen molar-refractivity contribution >= 4 is 29.4 Å². The molecule has 1 amide bonds. The van der Waals surface area contributed by atoms with Gasteiger partial charge in [-0.3, -0.25) is 4.79 Å². The highest BCUT2D eigenvalue weighted by atomic mass is 16.1. The molecule has 2 aromatic carbocycles. The summed E-state index contributed by atoms with van der Waals surface area (Å²) in [7, 11) is 0. The van der Waals surface area contributed by atoms with E-state index in [1.807, 2.05) is 56.5 Å². The fourth-order valence-electron chi connectivity index (χ4n) is 3.98. The molecule has 0 bridgehead atoms. The molecule has 1 aliphatic rings. The summed E-state index contributed by atoms with van der Waals surface area (Å²) in [5.74, 6) is 1.55. The Morgan fingerprint density at radius 3 is 2.50 bits per heavy atom. The summed E-state index contributed by atoms with van der Waals surface area (Å²) < 4.78 is 2.07. The summed E-state index contributed by atoms with van der Waals surface area (Å²) in [6, 6.07) is 13.9. The average molecular weight is 459 g/mol. The molecule has 178 valence electrons. The van der Waals surface area contributed by atoms with Crippen LogP contribution < -0.4 is 10.6 Å². The van der Waals surface area contributed by atoms with Crippen LogP contribution in [0.1, 0.15) is 80.3 Å². The van der Waals surface area contributed by atoms with Crippen LogP contribution in [0.15, 0.2) is 48.7 Å². The maximum Gasteiger partial charge on any atom is 0.355 e. The smallest absolute Gasteiger partial charge is 0.342 e. The van der Waals surface area contributed by atoms with Crippen LogP contribution in [0.5, 0.6) is 0 Å². The number of rotatable bonds is 8. The summed E-state index contributed by atoms with van der Waals surface area (Å²) in [6.45, 7) is 13.3. The van der Waals surface area contributed by atoms with Crippen molar-refractivity contribution in [1.82, 2.24) is 9.97 Å². The van der Waals surface area contributed by atoms with Crippen LogP contribution in [0.2, 0.25) is 0 Å². The molecular weight excluding hydrogens is 422 g/mol. The van der Waals surface area contributed by atoms with E-state index in [2.05, 4.69) is 58.9 Å². The fraction of sp³-hybridized carbons (Fsp3) is 0.357. The van der Waals surface area contributed by atoms with Gasteiger partial charge in [-0.25, -0.2) is 9.56 Å². The second kappa shape index (κ2) is 11.5. The Bertz CT molecular complexity index is 1190. The molecule has 0 fully saturated rings. The molecule has 0 spiro atoms. The van der Waals surface area contributed by atoms with Gasteiger partial charge in [0.2, 0.25) is 0 Å². The van der Waals surface area contributed by atoms with Gasteiger partial charge < -0.3 is 10.6 Å². The standard InChI is InChI=1S/C26H29N5O.C2H6/c1-5-18-11-12-21(13-19(18)6-2)26(32)29-22-10-8-9-20(14-22)17(4)28-24-15-27-23-16-31(7-3)25(23)30-24;1-2/h8-17H,5-7H2,1-4H3,(H,29,32);1-2H3/p+1. The quantitative estimate of drug-likeness (QED) is 0.397. The van der Waals surface area contributed by atoms with E-state index in [4.69, 9.17) is 0 Å². The lowest BCUT2D eigenvalue weighted by Crippen LogP contribution is -2.22. The van der Waals surface area contributed by atoms with Gasteiger partial charge >= 0.3 is 5.82 Å². The van der Waals surface area contributed by atoms with Crippen molar-refractivity contribution in [2.75, 3.05) is 17.2 Å².